The van der Waals surface area contributed by atoms with Gasteiger partial charge >= 0.3 is 0 Å². The summed E-state index contributed by atoms with van der Waals surface area (Å²) in [7, 11) is 0. The van der Waals surface area contributed by atoms with E-state index in [1.165, 1.54) is 0 Å². The molecule has 62 valence electrons. The van der Waals surface area contributed by atoms with Gasteiger partial charge in [0.15, 0.2) is 0 Å². The van der Waals surface area contributed by atoms with Gasteiger partial charge in [-0.15, -0.1) is 11.6 Å². The molecular weight excluding hydrogens is 146 g/mol. The highest BCUT2D eigenvalue weighted by Crippen LogP contribution is 2.16. The van der Waals surface area contributed by atoms with Crippen LogP contribution in [-0.4, -0.2) is 18.0 Å². The van der Waals surface area contributed by atoms with E-state index >= 15 is 0 Å². The molecule has 1 N–H and O–H groups in total. The van der Waals surface area contributed by atoms with Gasteiger partial charge in [-0.05, 0) is 19.4 Å². The lowest BCUT2D eigenvalue weighted by Gasteiger charge is -2.30. The van der Waals surface area contributed by atoms with Crippen LogP contribution in [0.5, 0.6) is 0 Å². The third kappa shape index (κ3) is 2.47. The summed E-state index contributed by atoms with van der Waals surface area (Å²) < 4.78 is 0. The minimum absolute atomic E-state index is 0.191. The third-order valence-electron chi connectivity index (χ3n) is 2.16. The van der Waals surface area contributed by atoms with Gasteiger partial charge in [-0.1, -0.05) is 20.8 Å². The fourth-order valence-electron chi connectivity index (χ4n) is 1.11. The summed E-state index contributed by atoms with van der Waals surface area (Å²) in [5.74, 6) is 0.716. The molecule has 0 aromatic carbocycles. The number of rotatable bonds is 5. The Morgan fingerprint density at radius 2 is 1.70 bits per heavy atom. The first-order valence-electron chi connectivity index (χ1n) is 4.05. The first kappa shape index (κ1) is 10.2. The Morgan fingerprint density at radius 3 is 1.80 bits per heavy atom. The van der Waals surface area contributed by atoms with E-state index in [2.05, 4.69) is 26.1 Å². The lowest BCUT2D eigenvalue weighted by Crippen LogP contribution is -2.45. The van der Waals surface area contributed by atoms with Gasteiger partial charge in [0.25, 0.3) is 0 Å². The molecule has 0 spiro atoms. The molecule has 10 heavy (non-hydrogen) atoms. The van der Waals surface area contributed by atoms with Gasteiger partial charge in [-0.2, -0.15) is 0 Å². The van der Waals surface area contributed by atoms with Gasteiger partial charge < -0.3 is 5.32 Å². The third-order valence-corrected chi connectivity index (χ3v) is 2.67. The zero-order valence-electron chi connectivity index (χ0n) is 7.21. The average Bonchev–Trinajstić information content (AvgIpc) is 2.01. The summed E-state index contributed by atoms with van der Waals surface area (Å²) in [6.07, 6.45) is 2.22. The molecule has 0 aromatic heterocycles. The van der Waals surface area contributed by atoms with Crippen molar-refractivity contribution in [1.82, 2.24) is 5.32 Å². The zero-order chi connectivity index (χ0) is 8.04. The van der Waals surface area contributed by atoms with Crippen molar-refractivity contribution < 1.29 is 0 Å². The first-order valence-corrected chi connectivity index (χ1v) is 4.59. The van der Waals surface area contributed by atoms with Crippen LogP contribution in [-0.2, 0) is 0 Å². The van der Waals surface area contributed by atoms with Crippen molar-refractivity contribution in [3.63, 3.8) is 0 Å². The molecule has 0 bridgehead atoms. The smallest absolute Gasteiger partial charge is 0.0405 e. The molecule has 0 amide bonds. The highest BCUT2D eigenvalue weighted by atomic mass is 35.5. The van der Waals surface area contributed by atoms with Crippen molar-refractivity contribution >= 4 is 11.6 Å². The summed E-state index contributed by atoms with van der Waals surface area (Å²) in [6, 6.07) is 0. The summed E-state index contributed by atoms with van der Waals surface area (Å²) >= 11 is 5.84. The molecule has 0 saturated heterocycles. The summed E-state index contributed by atoms with van der Waals surface area (Å²) in [4.78, 5) is 0. The van der Waals surface area contributed by atoms with Gasteiger partial charge in [0.2, 0.25) is 0 Å². The van der Waals surface area contributed by atoms with Crippen molar-refractivity contribution in [2.24, 2.45) is 0 Å². The lowest BCUT2D eigenvalue weighted by molar-refractivity contribution is 0.345. The van der Waals surface area contributed by atoms with E-state index in [4.69, 9.17) is 11.6 Å². The van der Waals surface area contributed by atoms with Crippen LogP contribution in [0.15, 0.2) is 0 Å². The Kier molecular flexibility index (Phi) is 5.10. The molecule has 0 rings (SSSR count). The predicted octanol–water partition coefficient (Wildman–Crippen LogP) is 2.39. The highest BCUT2D eigenvalue weighted by Gasteiger charge is 2.22. The average molecular weight is 164 g/mol. The van der Waals surface area contributed by atoms with Crippen molar-refractivity contribution in [2.45, 2.75) is 39.2 Å². The van der Waals surface area contributed by atoms with Crippen LogP contribution in [0.3, 0.4) is 0 Å². The maximum absolute atomic E-state index is 5.84. The molecule has 0 aliphatic rings. The van der Waals surface area contributed by atoms with E-state index in [0.29, 0.717) is 5.88 Å². The largest absolute Gasteiger partial charge is 0.310 e. The summed E-state index contributed by atoms with van der Waals surface area (Å²) in [6.45, 7) is 7.48. The van der Waals surface area contributed by atoms with Crippen LogP contribution in [0.4, 0.5) is 0 Å². The zero-order valence-corrected chi connectivity index (χ0v) is 7.96. The van der Waals surface area contributed by atoms with E-state index < -0.39 is 0 Å². The Labute approximate surface area is 69.1 Å². The molecule has 0 aliphatic heterocycles. The van der Waals surface area contributed by atoms with Crippen molar-refractivity contribution in [3.05, 3.63) is 0 Å². The van der Waals surface area contributed by atoms with E-state index in [0.717, 1.165) is 19.4 Å². The van der Waals surface area contributed by atoms with Crippen molar-refractivity contribution in [2.75, 3.05) is 12.4 Å². The summed E-state index contributed by atoms with van der Waals surface area (Å²) in [5, 5.41) is 3.41. The second-order valence-corrected chi connectivity index (χ2v) is 2.92. The van der Waals surface area contributed by atoms with Crippen LogP contribution in [0.25, 0.3) is 0 Å². The number of nitrogens with one attached hydrogen (secondary N) is 1. The number of hydrogen-bond acceptors (Lipinski definition) is 1. The van der Waals surface area contributed by atoms with Crippen LogP contribution in [0, 0.1) is 0 Å². The van der Waals surface area contributed by atoms with Gasteiger partial charge in [0.05, 0.1) is 0 Å². The minimum atomic E-state index is 0.191. The van der Waals surface area contributed by atoms with Gasteiger partial charge in [0.1, 0.15) is 0 Å². The van der Waals surface area contributed by atoms with Crippen LogP contribution < -0.4 is 5.32 Å². The van der Waals surface area contributed by atoms with Crippen molar-refractivity contribution in [3.8, 4) is 0 Å². The SMILES string of the molecule is CCNC(CC)(CC)CCl. The number of halogens is 1. The molecular formula is C8H18ClN. The second kappa shape index (κ2) is 4.97. The molecule has 0 heterocycles. The quantitative estimate of drug-likeness (QED) is 0.614. The normalized spacial score (nSPS) is 12.0. The molecule has 0 unspecified atom stereocenters. The van der Waals surface area contributed by atoms with Gasteiger partial charge in [-0.25, -0.2) is 0 Å². The predicted molar refractivity (Wildman–Crippen MR) is 47.7 cm³/mol. The maximum Gasteiger partial charge on any atom is 0.0405 e. The Morgan fingerprint density at radius 1 is 1.20 bits per heavy atom. The summed E-state index contributed by atoms with van der Waals surface area (Å²) in [5.41, 5.74) is 0.191. The number of alkyl halides is 1. The monoisotopic (exact) mass is 163 g/mol. The molecule has 0 saturated carbocycles. The van der Waals surface area contributed by atoms with E-state index in [-0.39, 0.29) is 5.54 Å². The molecule has 0 fully saturated rings. The standard InChI is InChI=1S/C8H18ClN/c1-4-8(5-2,7-9)10-6-3/h10H,4-7H2,1-3H3. The topological polar surface area (TPSA) is 12.0 Å². The van der Waals surface area contributed by atoms with Crippen LogP contribution in [0.1, 0.15) is 33.6 Å². The second-order valence-electron chi connectivity index (χ2n) is 2.65. The van der Waals surface area contributed by atoms with E-state index in [1.54, 1.807) is 0 Å². The Hall–Kier alpha value is 0.250. The molecule has 1 nitrogen and oxygen atoms in total. The Balaban J connectivity index is 3.87. The highest BCUT2D eigenvalue weighted by molar-refractivity contribution is 6.18. The van der Waals surface area contributed by atoms with Gasteiger partial charge in [-0.3, -0.25) is 0 Å². The molecule has 0 atom stereocenters. The Bertz CT molecular complexity index is 71.1. The molecule has 0 aliphatic carbocycles. The number of hydrogen-bond donors (Lipinski definition) is 1. The molecule has 0 aromatic rings. The van der Waals surface area contributed by atoms with Gasteiger partial charge in [0, 0.05) is 11.4 Å². The fraction of sp³-hybridized carbons (Fsp3) is 1.00. The first-order chi connectivity index (χ1) is 4.74. The molecule has 2 heteroatoms. The lowest BCUT2D eigenvalue weighted by atomic mass is 9.95. The van der Waals surface area contributed by atoms with E-state index in [9.17, 15) is 0 Å². The minimum Gasteiger partial charge on any atom is -0.310 e. The van der Waals surface area contributed by atoms with Crippen LogP contribution in [0.2, 0.25) is 0 Å². The van der Waals surface area contributed by atoms with E-state index in [1.807, 2.05) is 0 Å². The fourth-order valence-corrected chi connectivity index (χ4v) is 1.58. The van der Waals surface area contributed by atoms with Crippen LogP contribution >= 0.6 is 11.6 Å². The maximum atomic E-state index is 5.84. The molecule has 0 radical (unpaired) electrons. The van der Waals surface area contributed by atoms with Crippen molar-refractivity contribution in [1.29, 1.82) is 0 Å².